The first-order valence-electron chi connectivity index (χ1n) is 10.8. The molecular formula is C25H29N3O4. The van der Waals surface area contributed by atoms with E-state index in [9.17, 15) is 14.9 Å². The van der Waals surface area contributed by atoms with Gasteiger partial charge in [-0.25, -0.2) is 4.79 Å². The number of likely N-dealkylation sites (tertiary alicyclic amines) is 1. The number of aromatic nitrogens is 1. The maximum atomic E-state index is 13.1. The normalized spacial score (nSPS) is 14.8. The van der Waals surface area contributed by atoms with Crippen LogP contribution in [-0.4, -0.2) is 48.1 Å². The fourth-order valence-electron chi connectivity index (χ4n) is 3.96. The lowest BCUT2D eigenvalue weighted by molar-refractivity contribution is -0.157. The van der Waals surface area contributed by atoms with Crippen molar-refractivity contribution in [3.8, 4) is 6.07 Å². The molecule has 7 nitrogen and oxygen atoms in total. The SMILES string of the molecule is COCCn1c(C)cc(/C=C(\C#N)C(=O)OC(C(=O)N2CCCC2)c2ccccc2)c1C. The summed E-state index contributed by atoms with van der Waals surface area (Å²) in [4.78, 5) is 27.7. The smallest absolute Gasteiger partial charge is 0.350 e. The third-order valence-electron chi connectivity index (χ3n) is 5.74. The number of benzene rings is 1. The van der Waals surface area contributed by atoms with Crippen molar-refractivity contribution in [1.82, 2.24) is 9.47 Å². The van der Waals surface area contributed by atoms with E-state index in [4.69, 9.17) is 9.47 Å². The molecule has 3 rings (SSSR count). The van der Waals surface area contributed by atoms with Gasteiger partial charge in [-0.1, -0.05) is 30.3 Å². The van der Waals surface area contributed by atoms with Crippen molar-refractivity contribution in [2.75, 3.05) is 26.8 Å². The summed E-state index contributed by atoms with van der Waals surface area (Å²) in [6.07, 6.45) is 2.32. The first-order valence-corrected chi connectivity index (χ1v) is 10.8. The number of amides is 1. The number of hydrogen-bond donors (Lipinski definition) is 0. The van der Waals surface area contributed by atoms with Crippen molar-refractivity contribution in [2.24, 2.45) is 0 Å². The molecule has 32 heavy (non-hydrogen) atoms. The van der Waals surface area contributed by atoms with Crippen LogP contribution < -0.4 is 0 Å². The highest BCUT2D eigenvalue weighted by atomic mass is 16.5. The van der Waals surface area contributed by atoms with E-state index in [1.54, 1.807) is 36.3 Å². The summed E-state index contributed by atoms with van der Waals surface area (Å²) in [5, 5.41) is 9.66. The number of nitriles is 1. The van der Waals surface area contributed by atoms with Crippen LogP contribution in [0.5, 0.6) is 0 Å². The second kappa shape index (κ2) is 10.8. The molecule has 7 heteroatoms. The monoisotopic (exact) mass is 435 g/mol. The molecule has 1 saturated heterocycles. The Labute approximate surface area is 188 Å². The fraction of sp³-hybridized carbons (Fsp3) is 0.400. The average Bonchev–Trinajstić information content (AvgIpc) is 3.43. The summed E-state index contributed by atoms with van der Waals surface area (Å²) < 4.78 is 12.9. The number of ether oxygens (including phenoxy) is 2. The van der Waals surface area contributed by atoms with Crippen LogP contribution in [0.15, 0.2) is 42.0 Å². The number of nitrogens with zero attached hydrogens (tertiary/aromatic N) is 3. The van der Waals surface area contributed by atoms with Gasteiger partial charge in [-0.3, -0.25) is 4.79 Å². The van der Waals surface area contributed by atoms with Crippen LogP contribution in [0.1, 0.15) is 41.5 Å². The van der Waals surface area contributed by atoms with Gasteiger partial charge in [0.05, 0.1) is 6.61 Å². The summed E-state index contributed by atoms with van der Waals surface area (Å²) in [7, 11) is 1.64. The lowest BCUT2D eigenvalue weighted by Crippen LogP contribution is -2.35. The number of carbonyl (C=O) groups excluding carboxylic acids is 2. The zero-order chi connectivity index (χ0) is 23.1. The van der Waals surface area contributed by atoms with Crippen molar-refractivity contribution in [3.63, 3.8) is 0 Å². The molecule has 1 aliphatic heterocycles. The van der Waals surface area contributed by atoms with Crippen molar-refractivity contribution in [3.05, 3.63) is 64.5 Å². The van der Waals surface area contributed by atoms with Gasteiger partial charge in [0.2, 0.25) is 6.10 Å². The fourth-order valence-corrected chi connectivity index (χ4v) is 3.96. The molecule has 0 N–H and O–H groups in total. The number of esters is 1. The molecule has 0 spiro atoms. The highest BCUT2D eigenvalue weighted by Crippen LogP contribution is 2.25. The number of aryl methyl sites for hydroxylation is 1. The van der Waals surface area contributed by atoms with Gasteiger partial charge in [-0.2, -0.15) is 5.26 Å². The standard InChI is InChI=1S/C25H29N3O4/c1-18-15-21(19(2)28(18)13-14-31-3)16-22(17-26)25(30)32-23(20-9-5-4-6-10-20)24(29)27-11-7-8-12-27/h4-6,9-10,15-16,23H,7-8,11-14H2,1-3H3/b22-16+. The van der Waals surface area contributed by atoms with E-state index >= 15 is 0 Å². The molecule has 1 aliphatic rings. The molecule has 1 aromatic carbocycles. The van der Waals surface area contributed by atoms with Crippen LogP contribution in [0.3, 0.4) is 0 Å². The van der Waals surface area contributed by atoms with Gasteiger partial charge >= 0.3 is 5.97 Å². The van der Waals surface area contributed by atoms with Crippen molar-refractivity contribution < 1.29 is 19.1 Å². The molecule has 1 unspecified atom stereocenters. The van der Waals surface area contributed by atoms with Crippen molar-refractivity contribution in [1.29, 1.82) is 5.26 Å². The third-order valence-corrected chi connectivity index (χ3v) is 5.74. The molecule has 168 valence electrons. The van der Waals surface area contributed by atoms with Crippen LogP contribution in [0, 0.1) is 25.2 Å². The Balaban J connectivity index is 1.86. The van der Waals surface area contributed by atoms with Crippen LogP contribution >= 0.6 is 0 Å². The Hall–Kier alpha value is -3.37. The van der Waals surface area contributed by atoms with Gasteiger partial charge in [-0.05, 0) is 44.4 Å². The van der Waals surface area contributed by atoms with Gasteiger partial charge in [0.25, 0.3) is 5.91 Å². The Morgan fingerprint density at radius 3 is 2.50 bits per heavy atom. The van der Waals surface area contributed by atoms with Crippen LogP contribution in [0.4, 0.5) is 0 Å². The summed E-state index contributed by atoms with van der Waals surface area (Å²) in [5.41, 5.74) is 3.13. The second-order valence-electron chi connectivity index (χ2n) is 7.87. The van der Waals surface area contributed by atoms with Crippen LogP contribution in [0.2, 0.25) is 0 Å². The lowest BCUT2D eigenvalue weighted by Gasteiger charge is -2.23. The highest BCUT2D eigenvalue weighted by Gasteiger charge is 2.31. The molecule has 2 heterocycles. The van der Waals surface area contributed by atoms with E-state index in [-0.39, 0.29) is 11.5 Å². The van der Waals surface area contributed by atoms with Gasteiger partial charge in [0, 0.05) is 43.7 Å². The summed E-state index contributed by atoms with van der Waals surface area (Å²) in [6.45, 7) is 6.42. The summed E-state index contributed by atoms with van der Waals surface area (Å²) in [6, 6.07) is 12.8. The average molecular weight is 436 g/mol. The molecule has 0 radical (unpaired) electrons. The number of methoxy groups -OCH3 is 1. The zero-order valence-corrected chi connectivity index (χ0v) is 18.8. The van der Waals surface area contributed by atoms with Crippen LogP contribution in [-0.2, 0) is 25.6 Å². The third kappa shape index (κ3) is 5.27. The molecule has 1 atom stereocenters. The van der Waals surface area contributed by atoms with E-state index < -0.39 is 12.1 Å². The lowest BCUT2D eigenvalue weighted by atomic mass is 10.1. The first-order chi connectivity index (χ1) is 15.5. The van der Waals surface area contributed by atoms with Crippen LogP contribution in [0.25, 0.3) is 6.08 Å². The minimum Gasteiger partial charge on any atom is -0.443 e. The van der Waals surface area contributed by atoms with E-state index in [1.807, 2.05) is 32.0 Å². The largest absolute Gasteiger partial charge is 0.443 e. The van der Waals surface area contributed by atoms with Gasteiger partial charge in [0.1, 0.15) is 11.6 Å². The molecule has 0 aliphatic carbocycles. The van der Waals surface area contributed by atoms with E-state index in [0.29, 0.717) is 31.8 Å². The van der Waals surface area contributed by atoms with E-state index in [1.165, 1.54) is 6.08 Å². The Kier molecular flexibility index (Phi) is 7.85. The van der Waals surface area contributed by atoms with Crippen molar-refractivity contribution in [2.45, 2.75) is 39.3 Å². The summed E-state index contributed by atoms with van der Waals surface area (Å²) >= 11 is 0. The van der Waals surface area contributed by atoms with Gasteiger partial charge in [0.15, 0.2) is 0 Å². The number of carbonyl (C=O) groups is 2. The van der Waals surface area contributed by atoms with Crippen molar-refractivity contribution >= 4 is 18.0 Å². The summed E-state index contributed by atoms with van der Waals surface area (Å²) in [5.74, 6) is -1.06. The minimum absolute atomic E-state index is 0.146. The predicted octanol–water partition coefficient (Wildman–Crippen LogP) is 3.57. The highest BCUT2D eigenvalue weighted by molar-refractivity contribution is 5.99. The molecule has 1 amide bonds. The number of rotatable bonds is 8. The van der Waals surface area contributed by atoms with E-state index in [0.717, 1.165) is 29.8 Å². The number of hydrogen-bond acceptors (Lipinski definition) is 5. The molecule has 0 saturated carbocycles. The maximum absolute atomic E-state index is 13.1. The molecule has 1 aromatic heterocycles. The Morgan fingerprint density at radius 1 is 1.19 bits per heavy atom. The molecule has 2 aromatic rings. The minimum atomic E-state index is -1.08. The maximum Gasteiger partial charge on any atom is 0.350 e. The molecule has 0 bridgehead atoms. The molecular weight excluding hydrogens is 406 g/mol. The quantitative estimate of drug-likeness (QED) is 0.360. The van der Waals surface area contributed by atoms with Gasteiger partial charge < -0.3 is 18.9 Å². The second-order valence-corrected chi connectivity index (χ2v) is 7.87. The Bertz CT molecular complexity index is 1030. The Morgan fingerprint density at radius 2 is 1.88 bits per heavy atom. The molecule has 1 fully saturated rings. The predicted molar refractivity (Wildman–Crippen MR) is 120 cm³/mol. The van der Waals surface area contributed by atoms with Gasteiger partial charge in [-0.15, -0.1) is 0 Å². The first kappa shape index (κ1) is 23.3. The topological polar surface area (TPSA) is 84.6 Å². The zero-order valence-electron chi connectivity index (χ0n) is 18.8. The van der Waals surface area contributed by atoms with E-state index in [2.05, 4.69) is 4.57 Å².